The van der Waals surface area contributed by atoms with Gasteiger partial charge in [-0.05, 0) is 25.0 Å². The first-order valence-electron chi connectivity index (χ1n) is 6.66. The van der Waals surface area contributed by atoms with Crippen LogP contribution in [-0.2, 0) is 19.1 Å². The second-order valence-electron chi connectivity index (χ2n) is 4.01. The lowest BCUT2D eigenvalue weighted by Crippen LogP contribution is -2.24. The van der Waals surface area contributed by atoms with E-state index in [1.807, 2.05) is 0 Å². The molecule has 0 saturated carbocycles. The summed E-state index contributed by atoms with van der Waals surface area (Å²) < 4.78 is 10.4. The van der Waals surface area contributed by atoms with Crippen LogP contribution in [0.5, 0.6) is 0 Å². The Morgan fingerprint density at radius 1 is 0.800 bits per heavy atom. The molecule has 0 aliphatic carbocycles. The van der Waals surface area contributed by atoms with E-state index >= 15 is 0 Å². The predicted octanol–water partition coefficient (Wildman–Crippen LogP) is 1.10. The van der Waals surface area contributed by atoms with Gasteiger partial charge in [-0.15, -0.1) is 0 Å². The fraction of sp³-hybridized carbons (Fsp3) is 0.571. The highest BCUT2D eigenvalue weighted by atomic mass is 16.5. The minimum atomic E-state index is -0.231. The van der Waals surface area contributed by atoms with Gasteiger partial charge in [0.2, 0.25) is 11.8 Å². The van der Waals surface area contributed by atoms with E-state index in [1.54, 1.807) is 0 Å². The summed E-state index contributed by atoms with van der Waals surface area (Å²) in [5.74, 6) is -0.462. The quantitative estimate of drug-likeness (QED) is 0.302. The van der Waals surface area contributed by atoms with Gasteiger partial charge in [0.25, 0.3) is 0 Å². The van der Waals surface area contributed by atoms with Crippen LogP contribution in [0.1, 0.15) is 25.7 Å². The number of ether oxygens (including phenoxy) is 2. The van der Waals surface area contributed by atoms with Gasteiger partial charge in [-0.2, -0.15) is 0 Å². The number of nitrogens with one attached hydrogen (secondary N) is 2. The molecule has 20 heavy (non-hydrogen) atoms. The van der Waals surface area contributed by atoms with Crippen molar-refractivity contribution in [1.29, 1.82) is 0 Å². The molecule has 0 bridgehead atoms. The van der Waals surface area contributed by atoms with Crippen LogP contribution in [0, 0.1) is 0 Å². The molecule has 0 rings (SSSR count). The highest BCUT2D eigenvalue weighted by molar-refractivity contribution is 5.86. The van der Waals surface area contributed by atoms with Gasteiger partial charge in [0, 0.05) is 13.2 Å². The summed E-state index contributed by atoms with van der Waals surface area (Å²) in [4.78, 5) is 21.6. The van der Waals surface area contributed by atoms with Gasteiger partial charge in [-0.25, -0.2) is 0 Å². The Morgan fingerprint density at radius 3 is 1.55 bits per heavy atom. The lowest BCUT2D eigenvalue weighted by Gasteiger charge is -2.06. The standard InChI is InChI=1S/C14H24N2O4/c1-3-13(17)15-11-19-9-7-5-6-8-10-20-12-16-14(18)4-2/h3-4H,1-2,5-12H2,(H,15,17)(H,16,18). The molecule has 6 nitrogen and oxygen atoms in total. The van der Waals surface area contributed by atoms with E-state index in [-0.39, 0.29) is 25.3 Å². The molecule has 0 unspecified atom stereocenters. The van der Waals surface area contributed by atoms with E-state index in [0.29, 0.717) is 13.2 Å². The van der Waals surface area contributed by atoms with Crippen LogP contribution in [0.15, 0.2) is 25.3 Å². The molecule has 0 fully saturated rings. The fourth-order valence-corrected chi connectivity index (χ4v) is 1.29. The molecule has 0 spiro atoms. The Bertz CT molecular complexity index is 276. The SMILES string of the molecule is C=CC(=O)NCOCCCCCCOCNC(=O)C=C. The summed E-state index contributed by atoms with van der Waals surface area (Å²) in [5.41, 5.74) is 0. The number of hydrogen-bond acceptors (Lipinski definition) is 4. The molecular weight excluding hydrogens is 260 g/mol. The van der Waals surface area contributed by atoms with Crippen molar-refractivity contribution in [3.63, 3.8) is 0 Å². The molecule has 0 aliphatic rings. The minimum absolute atomic E-state index is 0.219. The first-order valence-corrected chi connectivity index (χ1v) is 6.66. The minimum Gasteiger partial charge on any atom is -0.361 e. The maximum Gasteiger partial charge on any atom is 0.245 e. The normalized spacial score (nSPS) is 9.80. The van der Waals surface area contributed by atoms with Crippen LogP contribution in [-0.4, -0.2) is 38.5 Å². The van der Waals surface area contributed by atoms with Crippen LogP contribution < -0.4 is 10.6 Å². The van der Waals surface area contributed by atoms with Crippen LogP contribution in [0.25, 0.3) is 0 Å². The predicted molar refractivity (Wildman–Crippen MR) is 76.8 cm³/mol. The van der Waals surface area contributed by atoms with Gasteiger partial charge < -0.3 is 20.1 Å². The Labute approximate surface area is 120 Å². The van der Waals surface area contributed by atoms with E-state index in [0.717, 1.165) is 25.7 Å². The third kappa shape index (κ3) is 12.8. The number of carbonyl (C=O) groups excluding carboxylic acids is 2. The van der Waals surface area contributed by atoms with Gasteiger partial charge >= 0.3 is 0 Å². The van der Waals surface area contributed by atoms with Gasteiger partial charge in [0.05, 0.1) is 0 Å². The zero-order valence-electron chi connectivity index (χ0n) is 11.9. The summed E-state index contributed by atoms with van der Waals surface area (Å²) in [6.45, 7) is 8.35. The van der Waals surface area contributed by atoms with Crippen molar-refractivity contribution in [2.45, 2.75) is 25.7 Å². The number of carbonyl (C=O) groups is 2. The highest BCUT2D eigenvalue weighted by Gasteiger charge is 1.95. The summed E-state index contributed by atoms with van der Waals surface area (Å²) in [7, 11) is 0. The average Bonchev–Trinajstić information content (AvgIpc) is 2.47. The highest BCUT2D eigenvalue weighted by Crippen LogP contribution is 2.00. The van der Waals surface area contributed by atoms with Crippen molar-refractivity contribution in [2.24, 2.45) is 0 Å². The van der Waals surface area contributed by atoms with Crippen molar-refractivity contribution in [3.05, 3.63) is 25.3 Å². The number of hydrogen-bond donors (Lipinski definition) is 2. The van der Waals surface area contributed by atoms with E-state index in [9.17, 15) is 9.59 Å². The van der Waals surface area contributed by atoms with Crippen LogP contribution >= 0.6 is 0 Å². The van der Waals surface area contributed by atoms with E-state index in [4.69, 9.17) is 9.47 Å². The fourth-order valence-electron chi connectivity index (χ4n) is 1.29. The Balaban J connectivity index is 3.09. The zero-order valence-corrected chi connectivity index (χ0v) is 11.9. The maximum atomic E-state index is 10.8. The zero-order chi connectivity index (χ0) is 15.1. The molecule has 0 aromatic rings. The smallest absolute Gasteiger partial charge is 0.245 e. The Morgan fingerprint density at radius 2 is 1.20 bits per heavy atom. The van der Waals surface area contributed by atoms with Gasteiger partial charge in [0.15, 0.2) is 0 Å². The molecule has 2 amide bonds. The van der Waals surface area contributed by atoms with Crippen molar-refractivity contribution in [3.8, 4) is 0 Å². The summed E-state index contributed by atoms with van der Waals surface area (Å²) >= 11 is 0. The lowest BCUT2D eigenvalue weighted by molar-refractivity contribution is -0.119. The molecule has 114 valence electrons. The van der Waals surface area contributed by atoms with Crippen LogP contribution in [0.4, 0.5) is 0 Å². The Hall–Kier alpha value is -1.66. The van der Waals surface area contributed by atoms with E-state index in [1.165, 1.54) is 12.2 Å². The first kappa shape index (κ1) is 18.3. The monoisotopic (exact) mass is 284 g/mol. The van der Waals surface area contributed by atoms with Crippen LogP contribution in [0.2, 0.25) is 0 Å². The molecule has 0 radical (unpaired) electrons. The summed E-state index contributed by atoms with van der Waals surface area (Å²) in [5, 5.41) is 5.06. The van der Waals surface area contributed by atoms with Crippen molar-refractivity contribution in [1.82, 2.24) is 10.6 Å². The maximum absolute atomic E-state index is 10.8. The number of unbranched alkanes of at least 4 members (excludes halogenated alkanes) is 3. The molecule has 0 heterocycles. The molecule has 0 atom stereocenters. The first-order chi connectivity index (χ1) is 9.70. The molecule has 2 N–H and O–H groups in total. The van der Waals surface area contributed by atoms with Gasteiger partial charge in [-0.1, -0.05) is 26.0 Å². The van der Waals surface area contributed by atoms with Crippen molar-refractivity contribution < 1.29 is 19.1 Å². The summed E-state index contributed by atoms with van der Waals surface area (Å²) in [6.07, 6.45) is 6.38. The van der Waals surface area contributed by atoms with Gasteiger partial charge in [-0.3, -0.25) is 9.59 Å². The molecule has 6 heteroatoms. The second kappa shape index (κ2) is 13.8. The average molecular weight is 284 g/mol. The number of amides is 2. The van der Waals surface area contributed by atoms with Crippen molar-refractivity contribution in [2.75, 3.05) is 26.7 Å². The molecule has 0 saturated heterocycles. The summed E-state index contributed by atoms with van der Waals surface area (Å²) in [6, 6.07) is 0. The van der Waals surface area contributed by atoms with E-state index < -0.39 is 0 Å². The second-order valence-corrected chi connectivity index (χ2v) is 4.01. The van der Waals surface area contributed by atoms with Gasteiger partial charge in [0.1, 0.15) is 13.5 Å². The molecule has 0 aromatic heterocycles. The molecular formula is C14H24N2O4. The largest absolute Gasteiger partial charge is 0.361 e. The van der Waals surface area contributed by atoms with E-state index in [2.05, 4.69) is 23.8 Å². The molecule has 0 aromatic carbocycles. The van der Waals surface area contributed by atoms with Crippen molar-refractivity contribution >= 4 is 11.8 Å². The third-order valence-corrected chi connectivity index (χ3v) is 2.40. The topological polar surface area (TPSA) is 76.7 Å². The number of rotatable bonds is 13. The Kier molecular flexibility index (Phi) is 12.6. The van der Waals surface area contributed by atoms with Crippen LogP contribution in [0.3, 0.4) is 0 Å². The third-order valence-electron chi connectivity index (χ3n) is 2.40. The molecule has 0 aliphatic heterocycles. The lowest BCUT2D eigenvalue weighted by atomic mass is 10.2.